The van der Waals surface area contributed by atoms with Crippen LogP contribution in [0.15, 0.2) is 48.5 Å². The van der Waals surface area contributed by atoms with Crippen LogP contribution in [0.25, 0.3) is 0 Å². The van der Waals surface area contributed by atoms with Gasteiger partial charge in [0, 0.05) is 54.8 Å². The lowest BCUT2D eigenvalue weighted by Gasteiger charge is -2.34. The number of amides is 1. The average Bonchev–Trinajstić information content (AvgIpc) is 3.23. The lowest BCUT2D eigenvalue weighted by Crippen LogP contribution is -2.48. The van der Waals surface area contributed by atoms with Crippen LogP contribution in [0, 0.1) is 0 Å². The van der Waals surface area contributed by atoms with Crippen molar-refractivity contribution in [2.45, 2.75) is 11.1 Å². The van der Waals surface area contributed by atoms with Gasteiger partial charge in [-0.2, -0.15) is 0 Å². The molecule has 2 aromatic rings. The summed E-state index contributed by atoms with van der Waals surface area (Å²) in [5.74, 6) is 2.58. The van der Waals surface area contributed by atoms with Crippen molar-refractivity contribution in [1.82, 2.24) is 9.80 Å². The number of rotatable bonds is 4. The summed E-state index contributed by atoms with van der Waals surface area (Å²) >= 11 is 10.1. The summed E-state index contributed by atoms with van der Waals surface area (Å²) in [7, 11) is 0. The van der Waals surface area contributed by atoms with Crippen molar-refractivity contribution in [3.63, 3.8) is 0 Å². The summed E-state index contributed by atoms with van der Waals surface area (Å²) in [5, 5.41) is 0.777. The highest BCUT2D eigenvalue weighted by Gasteiger charge is 2.23. The molecular weight excluding hydrogens is 396 g/mol. The van der Waals surface area contributed by atoms with E-state index in [0.29, 0.717) is 4.58 Å². The lowest BCUT2D eigenvalue weighted by atomic mass is 10.1. The number of benzene rings is 2. The molecule has 0 radical (unpaired) electrons. The Kier molecular flexibility index (Phi) is 6.33. The first kappa shape index (κ1) is 19.2. The van der Waals surface area contributed by atoms with Gasteiger partial charge in [-0.05, 0) is 35.4 Å². The normalized spacial score (nSPS) is 18.8. The van der Waals surface area contributed by atoms with Crippen LogP contribution in [-0.2, 0) is 6.54 Å². The molecule has 1 amide bonds. The van der Waals surface area contributed by atoms with E-state index in [1.165, 1.54) is 22.6 Å². The van der Waals surface area contributed by atoms with Crippen molar-refractivity contribution >= 4 is 41.0 Å². The van der Waals surface area contributed by atoms with Gasteiger partial charge in [-0.15, -0.1) is 23.5 Å². The summed E-state index contributed by atoms with van der Waals surface area (Å²) in [6, 6.07) is 16.2. The van der Waals surface area contributed by atoms with E-state index in [0.717, 1.165) is 43.3 Å². The maximum absolute atomic E-state index is 12.8. The number of thioether (sulfide) groups is 2. The third-order valence-electron chi connectivity index (χ3n) is 5.01. The van der Waals surface area contributed by atoms with Gasteiger partial charge in [-0.1, -0.05) is 35.9 Å². The Morgan fingerprint density at radius 3 is 2.37 bits per heavy atom. The fourth-order valence-corrected chi connectivity index (χ4v) is 6.59. The first-order chi connectivity index (χ1) is 13.2. The fourth-order valence-electron chi connectivity index (χ4n) is 3.52. The van der Waals surface area contributed by atoms with Crippen molar-refractivity contribution in [1.29, 1.82) is 0 Å². The van der Waals surface area contributed by atoms with Gasteiger partial charge in [-0.3, -0.25) is 9.69 Å². The molecule has 0 aromatic heterocycles. The van der Waals surface area contributed by atoms with Gasteiger partial charge in [0.15, 0.2) is 0 Å². The minimum Gasteiger partial charge on any atom is -0.336 e. The van der Waals surface area contributed by atoms with Crippen LogP contribution in [-0.4, -0.2) is 53.4 Å². The van der Waals surface area contributed by atoms with Gasteiger partial charge in [-0.25, -0.2) is 0 Å². The Bertz CT molecular complexity index is 785. The van der Waals surface area contributed by atoms with Crippen LogP contribution in [0.1, 0.15) is 26.1 Å². The number of hydrogen-bond acceptors (Lipinski definition) is 4. The highest BCUT2D eigenvalue weighted by atomic mass is 35.5. The number of halogens is 1. The molecule has 0 atom stereocenters. The van der Waals surface area contributed by atoms with Crippen LogP contribution in [0.3, 0.4) is 0 Å². The maximum atomic E-state index is 12.8. The lowest BCUT2D eigenvalue weighted by molar-refractivity contribution is 0.0628. The highest BCUT2D eigenvalue weighted by molar-refractivity contribution is 8.19. The molecule has 2 aliphatic rings. The van der Waals surface area contributed by atoms with E-state index in [2.05, 4.69) is 23.1 Å². The molecule has 0 aliphatic carbocycles. The summed E-state index contributed by atoms with van der Waals surface area (Å²) < 4.78 is 0.532. The van der Waals surface area contributed by atoms with Gasteiger partial charge in [0.25, 0.3) is 5.91 Å². The van der Waals surface area contributed by atoms with Gasteiger partial charge >= 0.3 is 0 Å². The smallest absolute Gasteiger partial charge is 0.253 e. The SMILES string of the molecule is O=C(c1ccc(C2SCCS2)cc1)N1CCN(Cc2cccc(Cl)c2)CC1. The van der Waals surface area contributed by atoms with E-state index in [1.807, 2.05) is 58.8 Å². The molecule has 0 bridgehead atoms. The predicted molar refractivity (Wildman–Crippen MR) is 117 cm³/mol. The van der Waals surface area contributed by atoms with Crippen molar-refractivity contribution in [2.24, 2.45) is 0 Å². The van der Waals surface area contributed by atoms with Gasteiger partial charge < -0.3 is 4.90 Å². The van der Waals surface area contributed by atoms with Crippen LogP contribution in [0.2, 0.25) is 5.02 Å². The van der Waals surface area contributed by atoms with Crippen molar-refractivity contribution in [3.05, 3.63) is 70.2 Å². The van der Waals surface area contributed by atoms with E-state index < -0.39 is 0 Å². The fraction of sp³-hybridized carbons (Fsp3) is 0.381. The Hall–Kier alpha value is -1.14. The molecule has 0 spiro atoms. The summed E-state index contributed by atoms with van der Waals surface area (Å²) in [6.45, 7) is 4.22. The van der Waals surface area contributed by atoms with Crippen LogP contribution in [0.5, 0.6) is 0 Å². The molecule has 3 nitrogen and oxygen atoms in total. The largest absolute Gasteiger partial charge is 0.336 e. The second-order valence-corrected chi connectivity index (χ2v) is 10.1. The monoisotopic (exact) mass is 418 g/mol. The van der Waals surface area contributed by atoms with E-state index in [4.69, 9.17) is 11.6 Å². The number of carbonyl (C=O) groups is 1. The van der Waals surface area contributed by atoms with Gasteiger partial charge in [0.05, 0.1) is 4.58 Å². The number of nitrogens with zero attached hydrogens (tertiary/aromatic N) is 2. The van der Waals surface area contributed by atoms with E-state index in [9.17, 15) is 4.79 Å². The van der Waals surface area contributed by atoms with E-state index >= 15 is 0 Å². The molecule has 6 heteroatoms. The zero-order valence-electron chi connectivity index (χ0n) is 15.1. The van der Waals surface area contributed by atoms with E-state index in [1.54, 1.807) is 0 Å². The molecule has 0 saturated carbocycles. The molecule has 2 aromatic carbocycles. The Balaban J connectivity index is 1.31. The second kappa shape index (κ2) is 8.91. The van der Waals surface area contributed by atoms with Crippen molar-refractivity contribution < 1.29 is 4.79 Å². The zero-order valence-corrected chi connectivity index (χ0v) is 17.5. The van der Waals surface area contributed by atoms with Crippen LogP contribution < -0.4 is 0 Å². The molecular formula is C21H23ClN2OS2. The number of hydrogen-bond donors (Lipinski definition) is 0. The standard InChI is InChI=1S/C21H23ClN2OS2/c22-19-3-1-2-16(14-19)15-23-8-10-24(11-9-23)20(25)17-4-6-18(7-5-17)21-26-12-13-27-21/h1-7,14,21H,8-13,15H2. The first-order valence-electron chi connectivity index (χ1n) is 9.28. The highest BCUT2D eigenvalue weighted by Crippen LogP contribution is 2.45. The summed E-state index contributed by atoms with van der Waals surface area (Å²) in [4.78, 5) is 17.2. The third-order valence-corrected chi connectivity index (χ3v) is 8.35. The average molecular weight is 419 g/mol. The molecule has 0 unspecified atom stereocenters. The quantitative estimate of drug-likeness (QED) is 0.713. The molecule has 2 saturated heterocycles. The summed E-state index contributed by atoms with van der Waals surface area (Å²) in [5.41, 5.74) is 3.35. The van der Waals surface area contributed by atoms with Gasteiger partial charge in [0.1, 0.15) is 0 Å². The Labute approximate surface area is 174 Å². The molecule has 2 heterocycles. The van der Waals surface area contributed by atoms with Gasteiger partial charge in [0.2, 0.25) is 0 Å². The second-order valence-electron chi connectivity index (χ2n) is 6.89. The molecule has 0 N–H and O–H groups in total. The minimum atomic E-state index is 0.149. The van der Waals surface area contributed by atoms with Crippen molar-refractivity contribution in [3.8, 4) is 0 Å². The first-order valence-corrected chi connectivity index (χ1v) is 11.8. The zero-order chi connectivity index (χ0) is 18.6. The maximum Gasteiger partial charge on any atom is 0.253 e. The Morgan fingerprint density at radius 1 is 1.00 bits per heavy atom. The van der Waals surface area contributed by atoms with Crippen molar-refractivity contribution in [2.75, 3.05) is 37.7 Å². The van der Waals surface area contributed by atoms with E-state index in [-0.39, 0.29) is 5.91 Å². The molecule has 142 valence electrons. The molecule has 2 aliphatic heterocycles. The molecule has 27 heavy (non-hydrogen) atoms. The predicted octanol–water partition coefficient (Wildman–Crippen LogP) is 4.78. The van der Waals surface area contributed by atoms with Crippen LogP contribution >= 0.6 is 35.1 Å². The minimum absolute atomic E-state index is 0.149. The van der Waals surface area contributed by atoms with Crippen LogP contribution in [0.4, 0.5) is 0 Å². The summed E-state index contributed by atoms with van der Waals surface area (Å²) in [6.07, 6.45) is 0. The number of piperazine rings is 1. The third kappa shape index (κ3) is 4.83. The Morgan fingerprint density at radius 2 is 1.70 bits per heavy atom. The topological polar surface area (TPSA) is 23.6 Å². The molecule has 4 rings (SSSR count). The molecule has 2 fully saturated rings. The number of carbonyl (C=O) groups excluding carboxylic acids is 1.